The molecular weight excluding hydrogens is 324 g/mol. The van der Waals surface area contributed by atoms with E-state index >= 15 is 0 Å². The number of hydrogen-bond donors (Lipinski definition) is 1. The van der Waals surface area contributed by atoms with Crippen LogP contribution in [0.5, 0.6) is 0 Å². The van der Waals surface area contributed by atoms with Gasteiger partial charge in [-0.1, -0.05) is 24.3 Å². The number of carboxylic acid groups (broad SMARTS) is 1. The van der Waals surface area contributed by atoms with Crippen LogP contribution in [0.1, 0.15) is 27.2 Å². The third-order valence-electron chi connectivity index (χ3n) is 4.06. The van der Waals surface area contributed by atoms with Gasteiger partial charge in [-0.05, 0) is 47.9 Å². The SMILES string of the molecule is Cc1ccccc1-c1cc(F)c(Cc2ncccc2C(=O)O)c(F)c1. The van der Waals surface area contributed by atoms with Crippen LogP contribution in [0.25, 0.3) is 11.1 Å². The first kappa shape index (κ1) is 16.8. The number of benzene rings is 2. The zero-order chi connectivity index (χ0) is 18.0. The van der Waals surface area contributed by atoms with E-state index in [2.05, 4.69) is 4.98 Å². The van der Waals surface area contributed by atoms with E-state index in [1.54, 1.807) is 12.1 Å². The van der Waals surface area contributed by atoms with Gasteiger partial charge >= 0.3 is 5.97 Å². The summed E-state index contributed by atoms with van der Waals surface area (Å²) in [5.74, 6) is -2.62. The molecule has 126 valence electrons. The van der Waals surface area contributed by atoms with E-state index in [1.165, 1.54) is 30.5 Å². The Labute approximate surface area is 143 Å². The van der Waals surface area contributed by atoms with Crippen LogP contribution in [-0.2, 0) is 6.42 Å². The predicted octanol–water partition coefficient (Wildman–Crippen LogP) is 4.62. The molecule has 3 aromatic rings. The van der Waals surface area contributed by atoms with Gasteiger partial charge in [0, 0.05) is 18.2 Å². The van der Waals surface area contributed by atoms with E-state index in [9.17, 15) is 18.7 Å². The van der Waals surface area contributed by atoms with Crippen LogP contribution in [0, 0.1) is 18.6 Å². The van der Waals surface area contributed by atoms with E-state index in [-0.39, 0.29) is 23.2 Å². The van der Waals surface area contributed by atoms with Gasteiger partial charge in [0.15, 0.2) is 0 Å². The van der Waals surface area contributed by atoms with Crippen LogP contribution in [-0.4, -0.2) is 16.1 Å². The Morgan fingerprint density at radius 1 is 1.08 bits per heavy atom. The monoisotopic (exact) mass is 339 g/mol. The van der Waals surface area contributed by atoms with Crippen LogP contribution >= 0.6 is 0 Å². The molecule has 0 saturated carbocycles. The highest BCUT2D eigenvalue weighted by Gasteiger charge is 2.18. The Kier molecular flexibility index (Phi) is 4.57. The topological polar surface area (TPSA) is 50.2 Å². The van der Waals surface area contributed by atoms with E-state index in [0.717, 1.165) is 11.1 Å². The molecule has 25 heavy (non-hydrogen) atoms. The number of aryl methyl sites for hydroxylation is 1. The minimum Gasteiger partial charge on any atom is -0.478 e. The van der Waals surface area contributed by atoms with Gasteiger partial charge in [0.2, 0.25) is 0 Å². The van der Waals surface area contributed by atoms with Gasteiger partial charge in [0.05, 0.1) is 11.3 Å². The molecule has 0 spiro atoms. The number of carbonyl (C=O) groups is 1. The van der Waals surface area contributed by atoms with Crippen molar-refractivity contribution in [1.29, 1.82) is 0 Å². The molecule has 0 aliphatic carbocycles. The second kappa shape index (κ2) is 6.81. The molecule has 3 nitrogen and oxygen atoms in total. The van der Waals surface area contributed by atoms with Crippen molar-refractivity contribution in [3.63, 3.8) is 0 Å². The first-order valence-corrected chi connectivity index (χ1v) is 7.68. The van der Waals surface area contributed by atoms with Gasteiger partial charge in [-0.15, -0.1) is 0 Å². The molecule has 0 radical (unpaired) electrons. The average Bonchev–Trinajstić information content (AvgIpc) is 2.58. The number of aromatic nitrogens is 1. The lowest BCUT2D eigenvalue weighted by atomic mass is 9.97. The molecule has 0 saturated heterocycles. The number of aromatic carboxylic acids is 1. The van der Waals surface area contributed by atoms with Crippen molar-refractivity contribution in [3.8, 4) is 11.1 Å². The maximum absolute atomic E-state index is 14.5. The number of nitrogens with zero attached hydrogens (tertiary/aromatic N) is 1. The van der Waals surface area contributed by atoms with Crippen molar-refractivity contribution < 1.29 is 18.7 Å². The number of pyridine rings is 1. The Hall–Kier alpha value is -3.08. The molecule has 1 heterocycles. The second-order valence-electron chi connectivity index (χ2n) is 5.71. The fourth-order valence-corrected chi connectivity index (χ4v) is 2.77. The minimum atomic E-state index is -1.18. The summed E-state index contributed by atoms with van der Waals surface area (Å²) < 4.78 is 29.1. The summed E-state index contributed by atoms with van der Waals surface area (Å²) >= 11 is 0. The summed E-state index contributed by atoms with van der Waals surface area (Å²) in [7, 11) is 0. The van der Waals surface area contributed by atoms with Gasteiger partial charge in [-0.2, -0.15) is 0 Å². The van der Waals surface area contributed by atoms with Gasteiger partial charge in [0.1, 0.15) is 11.6 Å². The molecule has 2 aromatic carbocycles. The van der Waals surface area contributed by atoms with Crippen molar-refractivity contribution in [2.75, 3.05) is 0 Å². The molecule has 0 aliphatic rings. The number of halogens is 2. The van der Waals surface area contributed by atoms with Gasteiger partial charge < -0.3 is 5.11 Å². The molecule has 0 aliphatic heterocycles. The Morgan fingerprint density at radius 2 is 1.76 bits per heavy atom. The number of rotatable bonds is 4. The lowest BCUT2D eigenvalue weighted by molar-refractivity contribution is 0.0695. The molecular formula is C20H15F2NO2. The minimum absolute atomic E-state index is 0.0655. The van der Waals surface area contributed by atoms with Crippen molar-refractivity contribution in [3.05, 3.63) is 88.7 Å². The molecule has 0 atom stereocenters. The largest absolute Gasteiger partial charge is 0.478 e. The average molecular weight is 339 g/mol. The molecule has 3 rings (SSSR count). The summed E-state index contributed by atoms with van der Waals surface area (Å²) in [6.45, 7) is 1.87. The first-order valence-electron chi connectivity index (χ1n) is 7.68. The highest BCUT2D eigenvalue weighted by atomic mass is 19.1. The molecule has 1 aromatic heterocycles. The van der Waals surface area contributed by atoms with Crippen LogP contribution in [0.4, 0.5) is 8.78 Å². The molecule has 0 amide bonds. The van der Waals surface area contributed by atoms with E-state index in [1.807, 2.05) is 19.1 Å². The molecule has 0 fully saturated rings. The highest BCUT2D eigenvalue weighted by Crippen LogP contribution is 2.28. The summed E-state index contributed by atoms with van der Waals surface area (Å²) in [5, 5.41) is 9.18. The summed E-state index contributed by atoms with van der Waals surface area (Å²) in [5.41, 5.74) is 1.96. The lowest BCUT2D eigenvalue weighted by Crippen LogP contribution is -2.07. The van der Waals surface area contributed by atoms with E-state index in [0.29, 0.717) is 5.56 Å². The zero-order valence-electron chi connectivity index (χ0n) is 13.5. The standard InChI is InChI=1S/C20H15F2NO2/c1-12-5-2-3-6-14(12)13-9-17(21)16(18(22)10-13)11-19-15(20(24)25)7-4-8-23-19/h2-10H,11H2,1H3,(H,24,25). The van der Waals surface area contributed by atoms with Gasteiger partial charge in [-0.25, -0.2) is 13.6 Å². The zero-order valence-corrected chi connectivity index (χ0v) is 13.5. The Balaban J connectivity index is 2.03. The molecule has 0 unspecified atom stereocenters. The van der Waals surface area contributed by atoms with Crippen LogP contribution < -0.4 is 0 Å². The van der Waals surface area contributed by atoms with Gasteiger partial charge in [-0.3, -0.25) is 4.98 Å². The van der Waals surface area contributed by atoms with Crippen molar-refractivity contribution in [2.24, 2.45) is 0 Å². The molecule has 5 heteroatoms. The molecule has 0 bridgehead atoms. The van der Waals surface area contributed by atoms with Gasteiger partial charge in [0.25, 0.3) is 0 Å². The summed E-state index contributed by atoms with van der Waals surface area (Å²) in [4.78, 5) is 15.2. The predicted molar refractivity (Wildman–Crippen MR) is 90.5 cm³/mol. The fraction of sp³-hybridized carbons (Fsp3) is 0.100. The van der Waals surface area contributed by atoms with Crippen molar-refractivity contribution in [2.45, 2.75) is 13.3 Å². The summed E-state index contributed by atoms with van der Waals surface area (Å²) in [6, 6.07) is 12.7. The van der Waals surface area contributed by atoms with Crippen LogP contribution in [0.2, 0.25) is 0 Å². The Bertz CT molecular complexity index is 931. The van der Waals surface area contributed by atoms with Crippen LogP contribution in [0.3, 0.4) is 0 Å². The van der Waals surface area contributed by atoms with Crippen LogP contribution in [0.15, 0.2) is 54.7 Å². The quantitative estimate of drug-likeness (QED) is 0.754. The fourth-order valence-electron chi connectivity index (χ4n) is 2.77. The maximum Gasteiger partial charge on any atom is 0.337 e. The highest BCUT2D eigenvalue weighted by molar-refractivity contribution is 5.88. The summed E-state index contributed by atoms with van der Waals surface area (Å²) in [6.07, 6.45) is 1.17. The van der Waals surface area contributed by atoms with E-state index < -0.39 is 17.6 Å². The lowest BCUT2D eigenvalue weighted by Gasteiger charge is -2.11. The smallest absolute Gasteiger partial charge is 0.337 e. The second-order valence-corrected chi connectivity index (χ2v) is 5.71. The van der Waals surface area contributed by atoms with E-state index in [4.69, 9.17) is 0 Å². The normalized spacial score (nSPS) is 10.7. The molecule has 1 N–H and O–H groups in total. The number of carboxylic acids is 1. The first-order chi connectivity index (χ1) is 12.0. The third-order valence-corrected chi connectivity index (χ3v) is 4.06. The number of hydrogen-bond acceptors (Lipinski definition) is 2. The van der Waals surface area contributed by atoms with Crippen molar-refractivity contribution >= 4 is 5.97 Å². The third kappa shape index (κ3) is 3.40. The van der Waals surface area contributed by atoms with Crippen molar-refractivity contribution in [1.82, 2.24) is 4.98 Å². The maximum atomic E-state index is 14.5. The Morgan fingerprint density at radius 3 is 2.40 bits per heavy atom.